The summed E-state index contributed by atoms with van der Waals surface area (Å²) in [5.41, 5.74) is 0. The van der Waals surface area contributed by atoms with Crippen LogP contribution in [0.1, 0.15) is 20.3 Å². The number of nitrogens with zero attached hydrogens (tertiary/aromatic N) is 2. The average molecular weight is 254 g/mol. The molecule has 1 heterocycles. The molecule has 6 heteroatoms. The van der Waals surface area contributed by atoms with Gasteiger partial charge in [-0.15, -0.1) is 0 Å². The van der Waals surface area contributed by atoms with E-state index < -0.39 is 23.8 Å². The first-order chi connectivity index (χ1) is 8.41. The normalized spacial score (nSPS) is 29.4. The zero-order valence-electron chi connectivity index (χ0n) is 10.6. The molecule has 3 unspecified atom stereocenters. The van der Waals surface area contributed by atoms with Crippen molar-refractivity contribution in [3.8, 4) is 0 Å². The van der Waals surface area contributed by atoms with Crippen LogP contribution in [-0.4, -0.2) is 58.4 Å². The highest BCUT2D eigenvalue weighted by molar-refractivity contribution is 6.35. The first-order valence-electron chi connectivity index (χ1n) is 6.24. The zero-order valence-corrected chi connectivity index (χ0v) is 10.6. The predicted molar refractivity (Wildman–Crippen MR) is 62.7 cm³/mol. The Labute approximate surface area is 106 Å². The molecule has 0 aromatic heterocycles. The Balaban J connectivity index is 1.97. The Bertz CT molecular complexity index is 396. The van der Waals surface area contributed by atoms with E-state index in [2.05, 4.69) is 6.92 Å². The largest absolute Gasteiger partial charge is 0.480 e. The molecule has 1 N–H and O–H groups in total. The van der Waals surface area contributed by atoms with Gasteiger partial charge in [0.15, 0.2) is 0 Å². The second-order valence-corrected chi connectivity index (χ2v) is 5.24. The standard InChI is InChI=1S/C12H18N2O4/c1-7-5-9(7)6-13-3-4-14(8(2)12(17)18)11(16)10(13)15/h7-9H,3-6H2,1-2H3,(H,17,18). The van der Waals surface area contributed by atoms with Gasteiger partial charge in [-0.05, 0) is 25.2 Å². The third-order valence-corrected chi connectivity index (χ3v) is 3.90. The second kappa shape index (κ2) is 4.59. The molecule has 2 amide bonds. The van der Waals surface area contributed by atoms with Crippen LogP contribution in [0.25, 0.3) is 0 Å². The molecule has 1 aliphatic heterocycles. The van der Waals surface area contributed by atoms with E-state index in [1.165, 1.54) is 6.92 Å². The quantitative estimate of drug-likeness (QED) is 0.704. The highest BCUT2D eigenvalue weighted by atomic mass is 16.4. The molecule has 2 rings (SSSR count). The van der Waals surface area contributed by atoms with Crippen LogP contribution in [-0.2, 0) is 14.4 Å². The first-order valence-corrected chi connectivity index (χ1v) is 6.24. The van der Waals surface area contributed by atoms with E-state index in [4.69, 9.17) is 5.11 Å². The molecular weight excluding hydrogens is 236 g/mol. The van der Waals surface area contributed by atoms with Crippen LogP contribution in [0.15, 0.2) is 0 Å². The van der Waals surface area contributed by atoms with E-state index >= 15 is 0 Å². The lowest BCUT2D eigenvalue weighted by Gasteiger charge is -2.35. The SMILES string of the molecule is CC1CC1CN1CCN(C(C)C(=O)O)C(=O)C1=O. The van der Waals surface area contributed by atoms with Gasteiger partial charge in [-0.1, -0.05) is 6.92 Å². The van der Waals surface area contributed by atoms with Crippen LogP contribution in [0, 0.1) is 11.8 Å². The van der Waals surface area contributed by atoms with Gasteiger partial charge in [0.05, 0.1) is 0 Å². The number of carbonyl (C=O) groups excluding carboxylic acids is 2. The van der Waals surface area contributed by atoms with Crippen LogP contribution in [0.3, 0.4) is 0 Å². The monoisotopic (exact) mass is 254 g/mol. The summed E-state index contributed by atoms with van der Waals surface area (Å²) in [7, 11) is 0. The van der Waals surface area contributed by atoms with E-state index in [9.17, 15) is 14.4 Å². The number of piperazine rings is 1. The summed E-state index contributed by atoms with van der Waals surface area (Å²) in [6.45, 7) is 4.91. The lowest BCUT2D eigenvalue weighted by molar-refractivity contribution is -0.161. The van der Waals surface area contributed by atoms with E-state index in [0.717, 1.165) is 11.3 Å². The summed E-state index contributed by atoms with van der Waals surface area (Å²) in [6.07, 6.45) is 1.10. The van der Waals surface area contributed by atoms with Gasteiger partial charge in [0.2, 0.25) is 0 Å². The molecule has 6 nitrogen and oxygen atoms in total. The Morgan fingerprint density at radius 2 is 2.00 bits per heavy atom. The third-order valence-electron chi connectivity index (χ3n) is 3.90. The van der Waals surface area contributed by atoms with Crippen LogP contribution < -0.4 is 0 Å². The maximum absolute atomic E-state index is 11.9. The van der Waals surface area contributed by atoms with Crippen molar-refractivity contribution in [2.75, 3.05) is 19.6 Å². The number of aliphatic carboxylic acids is 1. The van der Waals surface area contributed by atoms with E-state index in [0.29, 0.717) is 31.5 Å². The van der Waals surface area contributed by atoms with Crippen molar-refractivity contribution in [2.45, 2.75) is 26.3 Å². The number of carbonyl (C=O) groups is 3. The topological polar surface area (TPSA) is 77.9 Å². The van der Waals surface area contributed by atoms with Crippen LogP contribution in [0.2, 0.25) is 0 Å². The molecule has 0 aromatic rings. The highest BCUT2D eigenvalue weighted by Crippen LogP contribution is 2.38. The Morgan fingerprint density at radius 3 is 2.50 bits per heavy atom. The van der Waals surface area contributed by atoms with Gasteiger partial charge in [-0.2, -0.15) is 0 Å². The van der Waals surface area contributed by atoms with E-state index in [-0.39, 0.29) is 0 Å². The fourth-order valence-corrected chi connectivity index (χ4v) is 2.30. The number of carboxylic acid groups (broad SMARTS) is 1. The van der Waals surface area contributed by atoms with Crippen LogP contribution in [0.5, 0.6) is 0 Å². The van der Waals surface area contributed by atoms with Gasteiger partial charge in [-0.25, -0.2) is 4.79 Å². The maximum atomic E-state index is 11.9. The molecule has 0 radical (unpaired) electrons. The fraction of sp³-hybridized carbons (Fsp3) is 0.750. The number of hydrogen-bond acceptors (Lipinski definition) is 3. The molecule has 3 atom stereocenters. The summed E-state index contributed by atoms with van der Waals surface area (Å²) in [5.74, 6) is -1.20. The third kappa shape index (κ3) is 2.32. The average Bonchev–Trinajstić information content (AvgIpc) is 3.00. The molecule has 1 aliphatic carbocycles. The molecule has 0 bridgehead atoms. The van der Waals surface area contributed by atoms with E-state index in [1.54, 1.807) is 4.90 Å². The van der Waals surface area contributed by atoms with Crippen molar-refractivity contribution in [2.24, 2.45) is 11.8 Å². The number of carboxylic acids is 1. The van der Waals surface area contributed by atoms with Crippen molar-refractivity contribution < 1.29 is 19.5 Å². The molecule has 18 heavy (non-hydrogen) atoms. The van der Waals surface area contributed by atoms with Crippen molar-refractivity contribution in [3.05, 3.63) is 0 Å². The molecule has 1 saturated heterocycles. The first kappa shape index (κ1) is 12.9. The second-order valence-electron chi connectivity index (χ2n) is 5.24. The van der Waals surface area contributed by atoms with Crippen molar-refractivity contribution >= 4 is 17.8 Å². The molecule has 2 aliphatic rings. The number of rotatable bonds is 4. The van der Waals surface area contributed by atoms with Gasteiger partial charge in [0.1, 0.15) is 6.04 Å². The molecule has 100 valence electrons. The molecular formula is C12H18N2O4. The van der Waals surface area contributed by atoms with Crippen molar-refractivity contribution in [3.63, 3.8) is 0 Å². The molecule has 0 aromatic carbocycles. The smallest absolute Gasteiger partial charge is 0.326 e. The highest BCUT2D eigenvalue weighted by Gasteiger charge is 2.41. The summed E-state index contributed by atoms with van der Waals surface area (Å²) in [4.78, 5) is 37.2. The Morgan fingerprint density at radius 1 is 1.39 bits per heavy atom. The Kier molecular flexibility index (Phi) is 3.28. The van der Waals surface area contributed by atoms with Crippen LogP contribution in [0.4, 0.5) is 0 Å². The van der Waals surface area contributed by atoms with Crippen molar-refractivity contribution in [1.82, 2.24) is 9.80 Å². The van der Waals surface area contributed by atoms with Gasteiger partial charge in [0, 0.05) is 19.6 Å². The van der Waals surface area contributed by atoms with Gasteiger partial charge in [0.25, 0.3) is 0 Å². The Hall–Kier alpha value is -1.59. The summed E-state index contributed by atoms with van der Waals surface area (Å²) in [6, 6.07) is -0.941. The summed E-state index contributed by atoms with van der Waals surface area (Å²) < 4.78 is 0. The maximum Gasteiger partial charge on any atom is 0.326 e. The zero-order chi connectivity index (χ0) is 13.4. The predicted octanol–water partition coefficient (Wildman–Crippen LogP) is -0.214. The minimum atomic E-state index is -1.08. The molecule has 2 fully saturated rings. The molecule has 1 saturated carbocycles. The minimum Gasteiger partial charge on any atom is -0.480 e. The van der Waals surface area contributed by atoms with E-state index in [1.807, 2.05) is 0 Å². The van der Waals surface area contributed by atoms with Crippen LogP contribution >= 0.6 is 0 Å². The fourth-order valence-electron chi connectivity index (χ4n) is 2.30. The number of hydrogen-bond donors (Lipinski definition) is 1. The molecule has 0 spiro atoms. The summed E-state index contributed by atoms with van der Waals surface area (Å²) in [5, 5.41) is 8.88. The van der Waals surface area contributed by atoms with Gasteiger partial charge >= 0.3 is 17.8 Å². The van der Waals surface area contributed by atoms with Gasteiger partial charge in [-0.3, -0.25) is 9.59 Å². The minimum absolute atomic E-state index is 0.305. The lowest BCUT2D eigenvalue weighted by Crippen LogP contribution is -2.58. The van der Waals surface area contributed by atoms with Gasteiger partial charge < -0.3 is 14.9 Å². The lowest BCUT2D eigenvalue weighted by atomic mass is 10.2. The number of amides is 2. The van der Waals surface area contributed by atoms with Crippen molar-refractivity contribution in [1.29, 1.82) is 0 Å². The summed E-state index contributed by atoms with van der Waals surface area (Å²) >= 11 is 0.